The monoisotopic (exact) mass is 399 g/mol. The topological polar surface area (TPSA) is 69.7 Å². The minimum absolute atomic E-state index is 0.0158. The fourth-order valence-electron chi connectivity index (χ4n) is 3.12. The van der Waals surface area contributed by atoms with Crippen LogP contribution in [0.15, 0.2) is 42.5 Å². The van der Waals surface area contributed by atoms with Gasteiger partial charge in [0.25, 0.3) is 11.8 Å². The first-order valence-electron chi connectivity index (χ1n) is 9.07. The SMILES string of the molecule is CC(=O)N1CCN(C(=O)c2cccc(C(=O)Nc3cc(Cl)ccc3C)c2)CC1. The van der Waals surface area contributed by atoms with E-state index in [1.165, 1.54) is 6.92 Å². The molecule has 0 atom stereocenters. The number of aryl methyl sites for hydroxylation is 1. The molecule has 1 heterocycles. The first-order chi connectivity index (χ1) is 13.3. The number of hydrogen-bond donors (Lipinski definition) is 1. The van der Waals surface area contributed by atoms with Crippen molar-refractivity contribution in [2.75, 3.05) is 31.5 Å². The molecule has 1 aliphatic rings. The number of rotatable bonds is 3. The smallest absolute Gasteiger partial charge is 0.255 e. The summed E-state index contributed by atoms with van der Waals surface area (Å²) >= 11 is 6.00. The third kappa shape index (κ3) is 4.51. The van der Waals surface area contributed by atoms with Crippen molar-refractivity contribution in [1.82, 2.24) is 9.80 Å². The molecular formula is C21H22ClN3O3. The van der Waals surface area contributed by atoms with E-state index in [0.29, 0.717) is 48.0 Å². The van der Waals surface area contributed by atoms with Gasteiger partial charge in [0.05, 0.1) is 0 Å². The number of carbonyl (C=O) groups is 3. The molecule has 146 valence electrons. The Morgan fingerprint density at radius 3 is 2.25 bits per heavy atom. The summed E-state index contributed by atoms with van der Waals surface area (Å²) in [6.07, 6.45) is 0. The second-order valence-corrected chi connectivity index (χ2v) is 7.23. The number of carbonyl (C=O) groups excluding carboxylic acids is 3. The van der Waals surface area contributed by atoms with E-state index in [4.69, 9.17) is 11.6 Å². The molecule has 7 heteroatoms. The van der Waals surface area contributed by atoms with Crippen LogP contribution >= 0.6 is 11.6 Å². The Bertz CT molecular complexity index is 921. The normalized spacial score (nSPS) is 14.0. The molecule has 6 nitrogen and oxygen atoms in total. The van der Waals surface area contributed by atoms with Gasteiger partial charge in [0.1, 0.15) is 0 Å². The Labute approximate surface area is 169 Å². The molecular weight excluding hydrogens is 378 g/mol. The second-order valence-electron chi connectivity index (χ2n) is 6.79. The van der Waals surface area contributed by atoms with Gasteiger partial charge < -0.3 is 15.1 Å². The summed E-state index contributed by atoms with van der Waals surface area (Å²) in [7, 11) is 0. The molecule has 28 heavy (non-hydrogen) atoms. The molecule has 3 rings (SSSR count). The average Bonchev–Trinajstić information content (AvgIpc) is 2.70. The Hall–Kier alpha value is -2.86. The summed E-state index contributed by atoms with van der Waals surface area (Å²) in [5.41, 5.74) is 2.38. The molecule has 2 aromatic carbocycles. The lowest BCUT2D eigenvalue weighted by atomic mass is 10.1. The highest BCUT2D eigenvalue weighted by Gasteiger charge is 2.23. The van der Waals surface area contributed by atoms with E-state index < -0.39 is 0 Å². The van der Waals surface area contributed by atoms with Gasteiger partial charge in [0, 0.05) is 54.9 Å². The lowest BCUT2D eigenvalue weighted by Crippen LogP contribution is -2.50. The molecule has 1 fully saturated rings. The number of piperazine rings is 1. The first-order valence-corrected chi connectivity index (χ1v) is 9.45. The van der Waals surface area contributed by atoms with Crippen molar-refractivity contribution in [3.63, 3.8) is 0 Å². The quantitative estimate of drug-likeness (QED) is 0.861. The maximum atomic E-state index is 12.8. The zero-order valence-corrected chi connectivity index (χ0v) is 16.6. The molecule has 0 radical (unpaired) electrons. The lowest BCUT2D eigenvalue weighted by Gasteiger charge is -2.34. The van der Waals surface area contributed by atoms with Crippen molar-refractivity contribution in [2.24, 2.45) is 0 Å². The predicted molar refractivity (Wildman–Crippen MR) is 109 cm³/mol. The number of nitrogens with one attached hydrogen (secondary N) is 1. The Morgan fingerprint density at radius 2 is 1.57 bits per heavy atom. The molecule has 2 aromatic rings. The van der Waals surface area contributed by atoms with Crippen molar-refractivity contribution >= 4 is 35.0 Å². The van der Waals surface area contributed by atoms with Crippen molar-refractivity contribution in [1.29, 1.82) is 0 Å². The summed E-state index contributed by atoms with van der Waals surface area (Å²) in [6.45, 7) is 5.42. The molecule has 3 amide bonds. The molecule has 0 saturated carbocycles. The Balaban J connectivity index is 1.71. The Kier molecular flexibility index (Phi) is 5.99. The summed E-state index contributed by atoms with van der Waals surface area (Å²) in [6, 6.07) is 11.9. The van der Waals surface area contributed by atoms with Gasteiger partial charge in [-0.1, -0.05) is 23.7 Å². The maximum Gasteiger partial charge on any atom is 0.255 e. The van der Waals surface area contributed by atoms with Crippen LogP contribution in [-0.2, 0) is 4.79 Å². The van der Waals surface area contributed by atoms with Gasteiger partial charge in [-0.15, -0.1) is 0 Å². The highest BCUT2D eigenvalue weighted by atomic mass is 35.5. The molecule has 0 unspecified atom stereocenters. The fourth-order valence-corrected chi connectivity index (χ4v) is 3.30. The second kappa shape index (κ2) is 8.44. The van der Waals surface area contributed by atoms with Crippen LogP contribution in [0.2, 0.25) is 5.02 Å². The summed E-state index contributed by atoms with van der Waals surface area (Å²) < 4.78 is 0. The third-order valence-corrected chi connectivity index (χ3v) is 5.07. The minimum Gasteiger partial charge on any atom is -0.339 e. The van der Waals surface area contributed by atoms with Crippen LogP contribution in [0.25, 0.3) is 0 Å². The zero-order valence-electron chi connectivity index (χ0n) is 15.9. The number of hydrogen-bond acceptors (Lipinski definition) is 3. The first kappa shape index (κ1) is 19.9. The van der Waals surface area contributed by atoms with Crippen LogP contribution in [-0.4, -0.2) is 53.7 Å². The lowest BCUT2D eigenvalue weighted by molar-refractivity contribution is -0.130. The van der Waals surface area contributed by atoms with E-state index in [1.807, 2.05) is 13.0 Å². The molecule has 0 aromatic heterocycles. The van der Waals surface area contributed by atoms with Gasteiger partial charge in [-0.3, -0.25) is 14.4 Å². The summed E-state index contributed by atoms with van der Waals surface area (Å²) in [5.74, 6) is -0.430. The molecule has 0 bridgehead atoms. The van der Waals surface area contributed by atoms with Gasteiger partial charge in [0.2, 0.25) is 5.91 Å². The maximum absolute atomic E-state index is 12.8. The van der Waals surface area contributed by atoms with Crippen LogP contribution in [0.4, 0.5) is 5.69 Å². The fraction of sp³-hybridized carbons (Fsp3) is 0.286. The van der Waals surface area contributed by atoms with Gasteiger partial charge in [-0.05, 0) is 42.8 Å². The van der Waals surface area contributed by atoms with E-state index in [1.54, 1.807) is 46.2 Å². The van der Waals surface area contributed by atoms with E-state index in [0.717, 1.165) is 5.56 Å². The van der Waals surface area contributed by atoms with Crippen LogP contribution in [0.1, 0.15) is 33.2 Å². The highest BCUT2D eigenvalue weighted by molar-refractivity contribution is 6.31. The van der Waals surface area contributed by atoms with Crippen LogP contribution in [0.3, 0.4) is 0 Å². The van der Waals surface area contributed by atoms with E-state index >= 15 is 0 Å². The van der Waals surface area contributed by atoms with Crippen molar-refractivity contribution < 1.29 is 14.4 Å². The number of nitrogens with zero attached hydrogens (tertiary/aromatic N) is 2. The molecule has 1 saturated heterocycles. The van der Waals surface area contributed by atoms with Crippen molar-refractivity contribution in [3.05, 3.63) is 64.2 Å². The van der Waals surface area contributed by atoms with Crippen molar-refractivity contribution in [2.45, 2.75) is 13.8 Å². The largest absolute Gasteiger partial charge is 0.339 e. The molecule has 0 spiro atoms. The summed E-state index contributed by atoms with van der Waals surface area (Å²) in [5, 5.41) is 3.38. The molecule has 1 N–H and O–H groups in total. The standard InChI is InChI=1S/C21H22ClN3O3/c1-14-6-7-18(22)13-19(14)23-20(27)16-4-3-5-17(12-16)21(28)25-10-8-24(9-11-25)15(2)26/h3-7,12-13H,8-11H2,1-2H3,(H,23,27). The van der Waals surface area contributed by atoms with Gasteiger partial charge in [-0.25, -0.2) is 0 Å². The van der Waals surface area contributed by atoms with Crippen LogP contribution in [0, 0.1) is 6.92 Å². The average molecular weight is 400 g/mol. The van der Waals surface area contributed by atoms with Gasteiger partial charge in [-0.2, -0.15) is 0 Å². The predicted octanol–water partition coefficient (Wildman–Crippen LogP) is 3.21. The van der Waals surface area contributed by atoms with Crippen LogP contribution < -0.4 is 5.32 Å². The van der Waals surface area contributed by atoms with Crippen LogP contribution in [0.5, 0.6) is 0 Å². The molecule has 1 aliphatic heterocycles. The third-order valence-electron chi connectivity index (χ3n) is 4.83. The van der Waals surface area contributed by atoms with E-state index in [2.05, 4.69) is 5.32 Å². The van der Waals surface area contributed by atoms with Crippen molar-refractivity contribution in [3.8, 4) is 0 Å². The Morgan fingerprint density at radius 1 is 0.929 bits per heavy atom. The number of halogens is 1. The number of benzene rings is 2. The minimum atomic E-state index is -0.304. The summed E-state index contributed by atoms with van der Waals surface area (Å²) in [4.78, 5) is 40.3. The highest BCUT2D eigenvalue weighted by Crippen LogP contribution is 2.21. The number of anilines is 1. The van der Waals surface area contributed by atoms with Gasteiger partial charge in [0.15, 0.2) is 0 Å². The van der Waals surface area contributed by atoms with E-state index in [9.17, 15) is 14.4 Å². The number of amides is 3. The van der Waals surface area contributed by atoms with E-state index in [-0.39, 0.29) is 17.7 Å². The van der Waals surface area contributed by atoms with Gasteiger partial charge >= 0.3 is 0 Å². The molecule has 0 aliphatic carbocycles. The zero-order chi connectivity index (χ0) is 20.3.